The number of benzene rings is 1. The van der Waals surface area contributed by atoms with E-state index >= 15 is 0 Å². The topological polar surface area (TPSA) is 81.2 Å². The molecule has 6 heteroatoms. The van der Waals surface area contributed by atoms with E-state index in [9.17, 15) is 10.1 Å². The Hall–Kier alpha value is -1.33. The van der Waals surface area contributed by atoms with Gasteiger partial charge in [0.25, 0.3) is 5.69 Å². The number of nitrogens with zero attached hydrogens (tertiary/aromatic N) is 1. The van der Waals surface area contributed by atoms with Crippen molar-refractivity contribution in [1.82, 2.24) is 0 Å². The number of halogens is 1. The fourth-order valence-electron chi connectivity index (χ4n) is 0.783. The first-order valence-corrected chi connectivity index (χ1v) is 3.43. The SMILES string of the molecule is NNc1cc(Cl)ccc1[N+](=O)[O-]. The summed E-state index contributed by atoms with van der Waals surface area (Å²) < 4.78 is 0. The predicted octanol–water partition coefficient (Wildman–Crippen LogP) is 1.53. The van der Waals surface area contributed by atoms with Gasteiger partial charge in [0.2, 0.25) is 0 Å². The molecule has 5 nitrogen and oxygen atoms in total. The van der Waals surface area contributed by atoms with Crippen LogP contribution in [0, 0.1) is 10.1 Å². The Bertz CT molecular complexity index is 316. The third-order valence-electron chi connectivity index (χ3n) is 1.31. The second kappa shape index (κ2) is 3.38. The van der Waals surface area contributed by atoms with Crippen molar-refractivity contribution in [3.05, 3.63) is 33.3 Å². The third kappa shape index (κ3) is 1.63. The van der Waals surface area contributed by atoms with E-state index in [1.807, 2.05) is 0 Å². The number of nitro benzene ring substituents is 1. The molecule has 1 aromatic carbocycles. The monoisotopic (exact) mass is 187 g/mol. The highest BCUT2D eigenvalue weighted by atomic mass is 35.5. The first-order chi connectivity index (χ1) is 5.65. The van der Waals surface area contributed by atoms with Gasteiger partial charge in [-0.3, -0.25) is 16.0 Å². The third-order valence-corrected chi connectivity index (χ3v) is 1.55. The van der Waals surface area contributed by atoms with Crippen LogP contribution in [0.2, 0.25) is 5.02 Å². The minimum atomic E-state index is -0.536. The van der Waals surface area contributed by atoms with Crippen LogP contribution in [0.25, 0.3) is 0 Å². The highest BCUT2D eigenvalue weighted by Gasteiger charge is 2.11. The van der Waals surface area contributed by atoms with Crippen LogP contribution in [0.15, 0.2) is 18.2 Å². The minimum absolute atomic E-state index is 0.0955. The lowest BCUT2D eigenvalue weighted by Crippen LogP contribution is -2.08. The van der Waals surface area contributed by atoms with E-state index in [1.165, 1.54) is 18.2 Å². The molecule has 3 N–H and O–H groups in total. The molecular formula is C6H6ClN3O2. The van der Waals surface area contributed by atoms with Crippen LogP contribution in [0.1, 0.15) is 0 Å². The molecule has 0 unspecified atom stereocenters. The van der Waals surface area contributed by atoms with Crippen molar-refractivity contribution in [2.24, 2.45) is 5.84 Å². The molecule has 0 amide bonds. The zero-order valence-corrected chi connectivity index (χ0v) is 6.71. The molecule has 0 fully saturated rings. The molecule has 0 aliphatic carbocycles. The number of hydrazine groups is 1. The highest BCUT2D eigenvalue weighted by Crippen LogP contribution is 2.26. The molecule has 0 radical (unpaired) electrons. The normalized spacial score (nSPS) is 9.50. The first kappa shape index (κ1) is 8.76. The van der Waals surface area contributed by atoms with Crippen LogP contribution in [-0.4, -0.2) is 4.92 Å². The molecule has 0 saturated carbocycles. The first-order valence-electron chi connectivity index (χ1n) is 3.05. The number of hydrogen-bond acceptors (Lipinski definition) is 4. The van der Waals surface area contributed by atoms with Gasteiger partial charge in [-0.25, -0.2) is 0 Å². The maximum absolute atomic E-state index is 10.4. The van der Waals surface area contributed by atoms with Crippen molar-refractivity contribution < 1.29 is 4.92 Å². The summed E-state index contributed by atoms with van der Waals surface area (Å²) in [6.07, 6.45) is 0. The largest absolute Gasteiger partial charge is 0.318 e. The zero-order chi connectivity index (χ0) is 9.14. The van der Waals surface area contributed by atoms with Gasteiger partial charge in [-0.1, -0.05) is 11.6 Å². The molecule has 0 aromatic heterocycles. The van der Waals surface area contributed by atoms with Gasteiger partial charge in [0.05, 0.1) is 4.92 Å². The van der Waals surface area contributed by atoms with Crippen molar-refractivity contribution >= 4 is 23.0 Å². The quantitative estimate of drug-likeness (QED) is 0.418. The summed E-state index contributed by atoms with van der Waals surface area (Å²) in [5, 5.41) is 10.8. The summed E-state index contributed by atoms with van der Waals surface area (Å²) in [6, 6.07) is 4.11. The van der Waals surface area contributed by atoms with Gasteiger partial charge in [0.1, 0.15) is 5.69 Å². The molecule has 12 heavy (non-hydrogen) atoms. The number of nitrogen functional groups attached to an aromatic ring is 1. The minimum Gasteiger partial charge on any atom is -0.318 e. The molecule has 1 rings (SSSR count). The van der Waals surface area contributed by atoms with Crippen LogP contribution in [0.4, 0.5) is 11.4 Å². The second-order valence-corrected chi connectivity index (χ2v) is 2.50. The van der Waals surface area contributed by atoms with E-state index < -0.39 is 4.92 Å². The summed E-state index contributed by atoms with van der Waals surface area (Å²) in [7, 11) is 0. The molecule has 0 aliphatic rings. The molecule has 0 saturated heterocycles. The van der Waals surface area contributed by atoms with Gasteiger partial charge >= 0.3 is 0 Å². The number of nitrogens with two attached hydrogens (primary N) is 1. The fraction of sp³-hybridized carbons (Fsp3) is 0. The lowest BCUT2D eigenvalue weighted by atomic mass is 10.3. The fourth-order valence-corrected chi connectivity index (χ4v) is 0.955. The number of nitro groups is 1. The van der Waals surface area contributed by atoms with E-state index in [1.54, 1.807) is 0 Å². The maximum atomic E-state index is 10.4. The van der Waals surface area contributed by atoms with Crippen molar-refractivity contribution in [1.29, 1.82) is 0 Å². The second-order valence-electron chi connectivity index (χ2n) is 2.06. The molecular weight excluding hydrogens is 182 g/mol. The molecule has 0 heterocycles. The average Bonchev–Trinajstić information content (AvgIpc) is 2.03. The van der Waals surface area contributed by atoms with Crippen molar-refractivity contribution in [2.45, 2.75) is 0 Å². The summed E-state index contributed by atoms with van der Waals surface area (Å²) in [5.41, 5.74) is 2.30. The Morgan fingerprint density at radius 1 is 1.58 bits per heavy atom. The molecule has 0 aliphatic heterocycles. The number of nitrogens with one attached hydrogen (secondary N) is 1. The van der Waals surface area contributed by atoms with Gasteiger partial charge < -0.3 is 5.43 Å². The van der Waals surface area contributed by atoms with Gasteiger partial charge in [-0.15, -0.1) is 0 Å². The van der Waals surface area contributed by atoms with Crippen LogP contribution in [0.5, 0.6) is 0 Å². The van der Waals surface area contributed by atoms with E-state index in [0.717, 1.165) is 0 Å². The van der Waals surface area contributed by atoms with E-state index in [4.69, 9.17) is 17.4 Å². The Morgan fingerprint density at radius 2 is 2.25 bits per heavy atom. The summed E-state index contributed by atoms with van der Waals surface area (Å²) in [6.45, 7) is 0. The number of hydrogen-bond donors (Lipinski definition) is 2. The Balaban J connectivity index is 3.20. The molecule has 0 spiro atoms. The average molecular weight is 188 g/mol. The van der Waals surface area contributed by atoms with E-state index in [-0.39, 0.29) is 11.4 Å². The van der Waals surface area contributed by atoms with E-state index in [0.29, 0.717) is 5.02 Å². The van der Waals surface area contributed by atoms with Crippen LogP contribution in [0.3, 0.4) is 0 Å². The van der Waals surface area contributed by atoms with Gasteiger partial charge in [-0.2, -0.15) is 0 Å². The van der Waals surface area contributed by atoms with Crippen LogP contribution < -0.4 is 11.3 Å². The molecule has 1 aromatic rings. The van der Waals surface area contributed by atoms with Crippen molar-refractivity contribution in [2.75, 3.05) is 5.43 Å². The molecule has 64 valence electrons. The zero-order valence-electron chi connectivity index (χ0n) is 5.95. The standard InChI is InChI=1S/C6H6ClN3O2/c7-4-1-2-6(10(11)12)5(3-4)9-8/h1-3,9H,8H2. The van der Waals surface area contributed by atoms with Crippen LogP contribution in [-0.2, 0) is 0 Å². The van der Waals surface area contributed by atoms with Gasteiger partial charge in [0, 0.05) is 11.1 Å². The smallest absolute Gasteiger partial charge is 0.293 e. The Labute approximate surface area is 73.2 Å². The number of anilines is 1. The summed E-state index contributed by atoms with van der Waals surface area (Å²) in [4.78, 5) is 9.82. The lowest BCUT2D eigenvalue weighted by molar-refractivity contribution is -0.384. The van der Waals surface area contributed by atoms with Gasteiger partial charge in [0.15, 0.2) is 0 Å². The lowest BCUT2D eigenvalue weighted by Gasteiger charge is -2.00. The Kier molecular flexibility index (Phi) is 2.47. The van der Waals surface area contributed by atoms with Crippen molar-refractivity contribution in [3.8, 4) is 0 Å². The summed E-state index contributed by atoms with van der Waals surface area (Å²) >= 11 is 5.58. The molecule has 0 bridgehead atoms. The Morgan fingerprint density at radius 3 is 2.75 bits per heavy atom. The maximum Gasteiger partial charge on any atom is 0.293 e. The van der Waals surface area contributed by atoms with Crippen molar-refractivity contribution in [3.63, 3.8) is 0 Å². The number of rotatable bonds is 2. The van der Waals surface area contributed by atoms with Gasteiger partial charge in [-0.05, 0) is 12.1 Å². The predicted molar refractivity (Wildman–Crippen MR) is 45.9 cm³/mol. The molecule has 0 atom stereocenters. The van der Waals surface area contributed by atoms with E-state index in [2.05, 4.69) is 5.43 Å². The highest BCUT2D eigenvalue weighted by molar-refractivity contribution is 6.31. The van der Waals surface area contributed by atoms with Crippen LogP contribution >= 0.6 is 11.6 Å². The summed E-state index contributed by atoms with van der Waals surface area (Å²) in [5.74, 6) is 5.04.